The first-order chi connectivity index (χ1) is 13.6. The first-order valence-corrected chi connectivity index (χ1v) is 9.85. The highest BCUT2D eigenvalue weighted by molar-refractivity contribution is 5.88. The Balaban J connectivity index is 1.58. The van der Waals surface area contributed by atoms with Crippen molar-refractivity contribution in [2.24, 2.45) is 5.73 Å². The van der Waals surface area contributed by atoms with E-state index in [-0.39, 0.29) is 5.91 Å². The van der Waals surface area contributed by atoms with Crippen molar-refractivity contribution in [3.05, 3.63) is 53.9 Å². The molecule has 1 saturated heterocycles. The molecule has 2 aromatic heterocycles. The molecule has 146 valence electrons. The van der Waals surface area contributed by atoms with E-state index in [4.69, 9.17) is 10.5 Å². The van der Waals surface area contributed by atoms with Crippen molar-refractivity contribution in [2.45, 2.75) is 39.3 Å². The second-order valence-corrected chi connectivity index (χ2v) is 7.34. The van der Waals surface area contributed by atoms with Crippen molar-refractivity contribution < 1.29 is 9.53 Å². The van der Waals surface area contributed by atoms with Crippen LogP contribution in [0.1, 0.15) is 30.5 Å². The lowest BCUT2D eigenvalue weighted by atomic mass is 10.1. The summed E-state index contributed by atoms with van der Waals surface area (Å²) in [5, 5.41) is 0.964. The summed E-state index contributed by atoms with van der Waals surface area (Å²) in [6, 6.07) is 11.7. The molecule has 3 aromatic rings. The number of benzene rings is 1. The van der Waals surface area contributed by atoms with Crippen LogP contribution in [-0.4, -0.2) is 33.4 Å². The lowest BCUT2D eigenvalue weighted by molar-refractivity contribution is -0.132. The molecule has 1 fully saturated rings. The Bertz CT molecular complexity index is 989. The first-order valence-electron chi connectivity index (χ1n) is 9.85. The van der Waals surface area contributed by atoms with Gasteiger partial charge in [0.2, 0.25) is 11.8 Å². The second-order valence-electron chi connectivity index (χ2n) is 7.34. The number of amides is 1. The summed E-state index contributed by atoms with van der Waals surface area (Å²) in [6.07, 6.45) is 5.37. The highest BCUT2D eigenvalue weighted by Gasteiger charge is 2.18. The summed E-state index contributed by atoms with van der Waals surface area (Å²) in [7, 11) is 0. The van der Waals surface area contributed by atoms with E-state index < -0.39 is 0 Å². The number of hydrogen-bond donors (Lipinski definition) is 1. The molecule has 0 unspecified atom stereocenters. The van der Waals surface area contributed by atoms with Gasteiger partial charge in [-0.25, -0.2) is 4.98 Å². The van der Waals surface area contributed by atoms with Crippen LogP contribution in [0, 0.1) is 6.92 Å². The van der Waals surface area contributed by atoms with Gasteiger partial charge in [-0.2, -0.15) is 0 Å². The molecule has 1 aliphatic heterocycles. The van der Waals surface area contributed by atoms with Crippen molar-refractivity contribution >= 4 is 16.8 Å². The Morgan fingerprint density at radius 2 is 2.00 bits per heavy atom. The molecule has 0 bridgehead atoms. The first kappa shape index (κ1) is 18.5. The number of nitrogens with two attached hydrogens (primary N) is 1. The van der Waals surface area contributed by atoms with Crippen LogP contribution in [-0.2, 0) is 17.9 Å². The lowest BCUT2D eigenvalue weighted by Crippen LogP contribution is -2.37. The Morgan fingerprint density at radius 1 is 1.18 bits per heavy atom. The second kappa shape index (κ2) is 8.02. The molecule has 1 aromatic carbocycles. The van der Waals surface area contributed by atoms with Gasteiger partial charge in [0, 0.05) is 43.0 Å². The topological polar surface area (TPSA) is 73.4 Å². The maximum Gasteiger partial charge on any atom is 0.242 e. The number of hydrogen-bond acceptors (Lipinski definition) is 4. The number of likely N-dealkylation sites (tertiary alicyclic amines) is 1. The number of rotatable bonds is 5. The zero-order valence-electron chi connectivity index (χ0n) is 16.2. The highest BCUT2D eigenvalue weighted by Crippen LogP contribution is 2.30. The normalized spacial score (nSPS) is 14.4. The van der Waals surface area contributed by atoms with E-state index in [1.807, 2.05) is 59.0 Å². The van der Waals surface area contributed by atoms with Crippen LogP contribution in [0.5, 0.6) is 11.6 Å². The van der Waals surface area contributed by atoms with Gasteiger partial charge in [-0.05, 0) is 56.0 Å². The van der Waals surface area contributed by atoms with Crippen LogP contribution in [0.25, 0.3) is 10.9 Å². The maximum absolute atomic E-state index is 12.6. The van der Waals surface area contributed by atoms with Gasteiger partial charge >= 0.3 is 0 Å². The van der Waals surface area contributed by atoms with Gasteiger partial charge in [0.1, 0.15) is 12.3 Å². The summed E-state index contributed by atoms with van der Waals surface area (Å²) >= 11 is 0. The molecule has 1 amide bonds. The number of pyridine rings is 1. The summed E-state index contributed by atoms with van der Waals surface area (Å²) in [4.78, 5) is 19.1. The fourth-order valence-corrected chi connectivity index (χ4v) is 3.80. The number of fused-ring (bicyclic) bond motifs is 1. The van der Waals surface area contributed by atoms with Crippen molar-refractivity contribution in [1.29, 1.82) is 0 Å². The number of piperidine rings is 1. The Hall–Kier alpha value is -2.86. The molecule has 2 N–H and O–H groups in total. The van der Waals surface area contributed by atoms with E-state index in [1.165, 1.54) is 6.42 Å². The molecular formula is C22H26N4O2. The monoisotopic (exact) mass is 378 g/mol. The fourth-order valence-electron chi connectivity index (χ4n) is 3.80. The van der Waals surface area contributed by atoms with Crippen LogP contribution >= 0.6 is 0 Å². The number of nitrogens with zero attached hydrogens (tertiary/aromatic N) is 3. The van der Waals surface area contributed by atoms with Crippen LogP contribution in [0.4, 0.5) is 0 Å². The zero-order chi connectivity index (χ0) is 19.5. The van der Waals surface area contributed by atoms with E-state index in [9.17, 15) is 4.79 Å². The molecule has 0 spiro atoms. The molecule has 3 heterocycles. The minimum Gasteiger partial charge on any atom is -0.438 e. The summed E-state index contributed by atoms with van der Waals surface area (Å²) < 4.78 is 8.07. The number of carbonyl (C=O) groups is 1. The standard InChI is InChI=1S/C22H26N4O2/c1-16-12-17(14-23)13-21(24-16)28-20-7-5-6-19-18(20)8-11-26(19)15-22(27)25-9-3-2-4-10-25/h5-8,11-13H,2-4,9-10,14-15,23H2,1H3. The zero-order valence-corrected chi connectivity index (χ0v) is 16.2. The molecule has 1 aliphatic rings. The van der Waals surface area contributed by atoms with Crippen LogP contribution < -0.4 is 10.5 Å². The molecule has 6 heteroatoms. The van der Waals surface area contributed by atoms with Crippen molar-refractivity contribution in [1.82, 2.24) is 14.5 Å². The van der Waals surface area contributed by atoms with E-state index >= 15 is 0 Å². The van der Waals surface area contributed by atoms with E-state index in [0.29, 0.717) is 19.0 Å². The number of aryl methyl sites for hydroxylation is 1. The largest absolute Gasteiger partial charge is 0.438 e. The number of aromatic nitrogens is 2. The average molecular weight is 378 g/mol. The van der Waals surface area contributed by atoms with E-state index in [2.05, 4.69) is 4.98 Å². The maximum atomic E-state index is 12.6. The molecule has 0 radical (unpaired) electrons. The molecule has 0 saturated carbocycles. The minimum atomic E-state index is 0.177. The van der Waals surface area contributed by atoms with Gasteiger partial charge in [0.25, 0.3) is 0 Å². The predicted molar refractivity (Wildman–Crippen MR) is 109 cm³/mol. The summed E-state index contributed by atoms with van der Waals surface area (Å²) in [6.45, 7) is 4.46. The summed E-state index contributed by atoms with van der Waals surface area (Å²) in [5.41, 5.74) is 8.60. The smallest absolute Gasteiger partial charge is 0.242 e. The Kier molecular flexibility index (Phi) is 5.30. The third-order valence-electron chi connectivity index (χ3n) is 5.23. The van der Waals surface area contributed by atoms with Gasteiger partial charge in [-0.15, -0.1) is 0 Å². The third kappa shape index (κ3) is 3.87. The molecule has 0 aliphatic carbocycles. The summed E-state index contributed by atoms with van der Waals surface area (Å²) in [5.74, 6) is 1.43. The van der Waals surface area contributed by atoms with Gasteiger partial charge < -0.3 is 19.9 Å². The van der Waals surface area contributed by atoms with Crippen molar-refractivity contribution in [3.8, 4) is 11.6 Å². The predicted octanol–water partition coefficient (Wildman–Crippen LogP) is 3.61. The Labute approximate surface area is 164 Å². The lowest BCUT2D eigenvalue weighted by Gasteiger charge is -2.27. The van der Waals surface area contributed by atoms with Gasteiger partial charge in [-0.3, -0.25) is 4.79 Å². The quantitative estimate of drug-likeness (QED) is 0.736. The highest BCUT2D eigenvalue weighted by atomic mass is 16.5. The number of carbonyl (C=O) groups excluding carboxylic acids is 1. The molecule has 0 atom stereocenters. The Morgan fingerprint density at radius 3 is 2.79 bits per heavy atom. The minimum absolute atomic E-state index is 0.177. The molecule has 28 heavy (non-hydrogen) atoms. The van der Waals surface area contributed by atoms with Crippen molar-refractivity contribution in [3.63, 3.8) is 0 Å². The fraction of sp³-hybridized carbons (Fsp3) is 0.364. The van der Waals surface area contributed by atoms with Crippen LogP contribution in [0.15, 0.2) is 42.6 Å². The van der Waals surface area contributed by atoms with Gasteiger partial charge in [0.15, 0.2) is 0 Å². The third-order valence-corrected chi connectivity index (χ3v) is 5.23. The van der Waals surface area contributed by atoms with Gasteiger partial charge in [0.05, 0.1) is 5.52 Å². The molecule has 4 rings (SSSR count). The molecule has 6 nitrogen and oxygen atoms in total. The van der Waals surface area contributed by atoms with Crippen molar-refractivity contribution in [2.75, 3.05) is 13.1 Å². The number of ether oxygens (including phenoxy) is 1. The van der Waals surface area contributed by atoms with Crippen LogP contribution in [0.3, 0.4) is 0 Å². The SMILES string of the molecule is Cc1cc(CN)cc(Oc2cccc3c2ccn3CC(=O)N2CCCCC2)n1. The van der Waals surface area contributed by atoms with E-state index in [0.717, 1.165) is 53.8 Å². The molecular weight excluding hydrogens is 352 g/mol. The van der Waals surface area contributed by atoms with Crippen LogP contribution in [0.2, 0.25) is 0 Å². The average Bonchev–Trinajstić information content (AvgIpc) is 3.12. The van der Waals surface area contributed by atoms with E-state index in [1.54, 1.807) is 0 Å². The van der Waals surface area contributed by atoms with Gasteiger partial charge in [-0.1, -0.05) is 6.07 Å².